The van der Waals surface area contributed by atoms with Crippen molar-refractivity contribution < 1.29 is 4.79 Å². The molecular formula is C25H20N2OS3. The van der Waals surface area contributed by atoms with Gasteiger partial charge in [0.1, 0.15) is 4.99 Å². The molecule has 2 aliphatic rings. The van der Waals surface area contributed by atoms with E-state index in [1.54, 1.807) is 16.7 Å². The maximum atomic E-state index is 12.9. The van der Waals surface area contributed by atoms with Gasteiger partial charge in [-0.1, -0.05) is 96.8 Å². The lowest BCUT2D eigenvalue weighted by atomic mass is 10.1. The highest BCUT2D eigenvalue weighted by atomic mass is 32.2. The van der Waals surface area contributed by atoms with Gasteiger partial charge in [0.15, 0.2) is 0 Å². The number of para-hydroxylation sites is 1. The van der Waals surface area contributed by atoms with Crippen LogP contribution in [0.2, 0.25) is 0 Å². The van der Waals surface area contributed by atoms with Gasteiger partial charge in [0.25, 0.3) is 5.24 Å². The predicted molar refractivity (Wildman–Crippen MR) is 134 cm³/mol. The first kappa shape index (κ1) is 20.4. The molecule has 0 radical (unpaired) electrons. The van der Waals surface area contributed by atoms with Crippen molar-refractivity contribution in [2.75, 3.05) is 11.4 Å². The summed E-state index contributed by atoms with van der Waals surface area (Å²) in [7, 11) is 0. The lowest BCUT2D eigenvalue weighted by Crippen LogP contribution is -2.30. The highest BCUT2D eigenvalue weighted by Crippen LogP contribution is 2.51. The fourth-order valence-electron chi connectivity index (χ4n) is 3.73. The molecule has 1 saturated heterocycles. The van der Waals surface area contributed by atoms with E-state index in [0.717, 1.165) is 28.6 Å². The van der Waals surface area contributed by atoms with Crippen molar-refractivity contribution in [1.82, 2.24) is 4.90 Å². The fraction of sp³-hybridized carbons (Fsp3) is 0.120. The number of hydrogen-bond acceptors (Lipinski definition) is 5. The van der Waals surface area contributed by atoms with Crippen molar-refractivity contribution in [3.05, 3.63) is 106 Å². The normalized spacial score (nSPS) is 18.1. The van der Waals surface area contributed by atoms with Crippen LogP contribution in [0.3, 0.4) is 0 Å². The summed E-state index contributed by atoms with van der Waals surface area (Å²) in [6, 6.07) is 29.0. The van der Waals surface area contributed by atoms with Crippen LogP contribution < -0.4 is 4.90 Å². The predicted octanol–water partition coefficient (Wildman–Crippen LogP) is 6.71. The Kier molecular flexibility index (Phi) is 5.85. The minimum Gasteiger partial charge on any atom is -0.329 e. The van der Waals surface area contributed by atoms with Crippen LogP contribution >= 0.6 is 35.7 Å². The Balaban J connectivity index is 1.44. The van der Waals surface area contributed by atoms with Crippen LogP contribution in [0.5, 0.6) is 0 Å². The third-order valence-electron chi connectivity index (χ3n) is 5.30. The van der Waals surface area contributed by atoms with Crippen molar-refractivity contribution in [1.29, 1.82) is 0 Å². The number of thiocarbonyl (C=S) groups is 1. The quantitative estimate of drug-likeness (QED) is 0.311. The number of fused-ring (bicyclic) bond motifs is 1. The van der Waals surface area contributed by atoms with Gasteiger partial charge < -0.3 is 4.90 Å². The topological polar surface area (TPSA) is 23.6 Å². The van der Waals surface area contributed by atoms with Crippen molar-refractivity contribution in [3.8, 4) is 0 Å². The zero-order chi connectivity index (χ0) is 21.2. The molecule has 0 unspecified atom stereocenters. The monoisotopic (exact) mass is 460 g/mol. The second-order valence-electron chi connectivity index (χ2n) is 7.34. The van der Waals surface area contributed by atoms with Gasteiger partial charge in [-0.2, -0.15) is 0 Å². The minimum atomic E-state index is 0.0136. The van der Waals surface area contributed by atoms with Crippen LogP contribution in [0.15, 0.2) is 99.8 Å². The summed E-state index contributed by atoms with van der Waals surface area (Å²) in [4.78, 5) is 19.6. The Morgan fingerprint density at radius 1 is 0.742 bits per heavy atom. The van der Waals surface area contributed by atoms with E-state index in [0.29, 0.717) is 11.5 Å². The van der Waals surface area contributed by atoms with Crippen LogP contribution in [0.25, 0.3) is 0 Å². The molecule has 2 aliphatic heterocycles. The zero-order valence-corrected chi connectivity index (χ0v) is 19.2. The molecular weight excluding hydrogens is 440 g/mol. The van der Waals surface area contributed by atoms with Crippen LogP contribution in [-0.2, 0) is 13.0 Å². The Bertz CT molecular complexity index is 1160. The van der Waals surface area contributed by atoms with Gasteiger partial charge in [0, 0.05) is 18.0 Å². The average Bonchev–Trinajstić information content (AvgIpc) is 3.30. The van der Waals surface area contributed by atoms with E-state index < -0.39 is 0 Å². The molecule has 0 atom stereocenters. The molecule has 1 fully saturated rings. The average molecular weight is 461 g/mol. The standard InChI is InChI=1S/C25H20N2OS3/c28-25-26(16-15-18-9-3-1-4-10-18)23(29)22(31-25)24-27(17-19-11-5-2-6-12-19)20-13-7-8-14-21(20)30-24/h1-14H,15-17H2/b24-22-. The third kappa shape index (κ3) is 4.15. The van der Waals surface area contributed by atoms with Gasteiger partial charge >= 0.3 is 0 Å². The maximum absolute atomic E-state index is 12.9. The molecule has 3 aromatic carbocycles. The van der Waals surface area contributed by atoms with E-state index in [4.69, 9.17) is 12.2 Å². The number of carbonyl (C=O) groups excluding carboxylic acids is 1. The molecule has 0 saturated carbocycles. The molecule has 0 N–H and O–H groups in total. The first-order valence-electron chi connectivity index (χ1n) is 10.1. The summed E-state index contributed by atoms with van der Waals surface area (Å²) in [5, 5.41) is 1.07. The number of nitrogens with zero attached hydrogens (tertiary/aromatic N) is 2. The molecule has 2 heterocycles. The fourth-order valence-corrected chi connectivity index (χ4v) is 6.46. The van der Waals surface area contributed by atoms with Gasteiger partial charge in [-0.05, 0) is 41.4 Å². The molecule has 1 amide bonds. The molecule has 3 nitrogen and oxygen atoms in total. The van der Waals surface area contributed by atoms with Crippen molar-refractivity contribution in [2.45, 2.75) is 17.9 Å². The van der Waals surface area contributed by atoms with Crippen LogP contribution in [-0.4, -0.2) is 21.7 Å². The highest BCUT2D eigenvalue weighted by Gasteiger charge is 2.38. The number of thioether (sulfide) groups is 2. The van der Waals surface area contributed by atoms with Crippen LogP contribution in [0, 0.1) is 0 Å². The van der Waals surface area contributed by atoms with Gasteiger partial charge in [-0.15, -0.1) is 0 Å². The number of amides is 1. The Hall–Kier alpha value is -2.54. The SMILES string of the molecule is O=C1S/C(=C2\Sc3ccccc3N2Cc2ccccc2)C(=S)N1CCc1ccccc1. The largest absolute Gasteiger partial charge is 0.329 e. The Morgan fingerprint density at radius 2 is 1.39 bits per heavy atom. The van der Waals surface area contributed by atoms with Crippen molar-refractivity contribution in [2.24, 2.45) is 0 Å². The van der Waals surface area contributed by atoms with Crippen LogP contribution in [0.1, 0.15) is 11.1 Å². The summed E-state index contributed by atoms with van der Waals surface area (Å²) in [6.45, 7) is 1.34. The lowest BCUT2D eigenvalue weighted by molar-refractivity contribution is 0.246. The van der Waals surface area contributed by atoms with Crippen molar-refractivity contribution in [3.63, 3.8) is 0 Å². The van der Waals surface area contributed by atoms with Gasteiger partial charge in [0.2, 0.25) is 0 Å². The highest BCUT2D eigenvalue weighted by molar-refractivity contribution is 8.20. The number of anilines is 1. The molecule has 6 heteroatoms. The molecule has 0 spiro atoms. The zero-order valence-electron chi connectivity index (χ0n) is 16.7. The second kappa shape index (κ2) is 8.91. The van der Waals surface area contributed by atoms with E-state index in [1.165, 1.54) is 27.8 Å². The van der Waals surface area contributed by atoms with E-state index in [9.17, 15) is 4.79 Å². The molecule has 0 aliphatic carbocycles. The van der Waals surface area contributed by atoms with Gasteiger partial charge in [-0.25, -0.2) is 0 Å². The Morgan fingerprint density at radius 3 is 2.13 bits per heavy atom. The first-order chi connectivity index (χ1) is 15.2. The summed E-state index contributed by atoms with van der Waals surface area (Å²) >= 11 is 8.77. The molecule has 0 aromatic heterocycles. The number of benzene rings is 3. The van der Waals surface area contributed by atoms with E-state index in [1.807, 2.05) is 24.3 Å². The van der Waals surface area contributed by atoms with Crippen molar-refractivity contribution >= 4 is 51.7 Å². The van der Waals surface area contributed by atoms with Crippen LogP contribution in [0.4, 0.5) is 10.5 Å². The smallest absolute Gasteiger partial charge is 0.291 e. The summed E-state index contributed by atoms with van der Waals surface area (Å²) < 4.78 is 0. The number of rotatable bonds is 5. The Labute approximate surface area is 196 Å². The summed E-state index contributed by atoms with van der Waals surface area (Å²) in [5.74, 6) is 0. The summed E-state index contributed by atoms with van der Waals surface area (Å²) in [6.07, 6.45) is 0.789. The van der Waals surface area contributed by atoms with Gasteiger partial charge in [-0.3, -0.25) is 9.69 Å². The number of carbonyl (C=O) groups is 1. The molecule has 3 aromatic rings. The van der Waals surface area contributed by atoms with Gasteiger partial charge in [0.05, 0.1) is 15.6 Å². The molecule has 154 valence electrons. The van der Waals surface area contributed by atoms with E-state index in [-0.39, 0.29) is 5.24 Å². The van der Waals surface area contributed by atoms with E-state index >= 15 is 0 Å². The third-order valence-corrected chi connectivity index (χ3v) is 8.15. The van der Waals surface area contributed by atoms with E-state index in [2.05, 4.69) is 65.6 Å². The lowest BCUT2D eigenvalue weighted by Gasteiger charge is -2.22. The maximum Gasteiger partial charge on any atom is 0.291 e. The summed E-state index contributed by atoms with van der Waals surface area (Å²) in [5.41, 5.74) is 3.59. The second-order valence-corrected chi connectivity index (χ2v) is 9.72. The first-order valence-corrected chi connectivity index (χ1v) is 12.1. The molecule has 0 bridgehead atoms. The molecule has 5 rings (SSSR count). The number of hydrogen-bond donors (Lipinski definition) is 0. The minimum absolute atomic E-state index is 0.0136. The molecule has 31 heavy (non-hydrogen) atoms.